The van der Waals surface area contributed by atoms with Gasteiger partial charge >= 0.3 is 6.03 Å². The van der Waals surface area contributed by atoms with Crippen LogP contribution in [0.1, 0.15) is 57.6 Å². The molecule has 0 bridgehead atoms. The van der Waals surface area contributed by atoms with Crippen molar-refractivity contribution in [2.24, 2.45) is 0 Å². The molecule has 0 saturated carbocycles. The van der Waals surface area contributed by atoms with E-state index in [1.165, 1.54) is 11.3 Å². The van der Waals surface area contributed by atoms with Crippen LogP contribution in [0.25, 0.3) is 0 Å². The molecule has 1 heterocycles. The van der Waals surface area contributed by atoms with Crippen LogP contribution in [0, 0.1) is 13.8 Å². The molecular weight excluding hydrogens is 492 g/mol. The van der Waals surface area contributed by atoms with Crippen molar-refractivity contribution in [3.63, 3.8) is 0 Å². The number of carbonyl (C=O) groups excluding carboxylic acids is 2. The van der Waals surface area contributed by atoms with Gasteiger partial charge < -0.3 is 15.5 Å². The molecule has 2 N–H and O–H groups in total. The number of aryl methyl sites for hydroxylation is 2. The molecule has 0 spiro atoms. The lowest BCUT2D eigenvalue weighted by molar-refractivity contribution is 0.0932. The van der Waals surface area contributed by atoms with E-state index in [4.69, 9.17) is 0 Å². The van der Waals surface area contributed by atoms with E-state index in [0.717, 1.165) is 27.9 Å². The first kappa shape index (κ1) is 27.1. The maximum absolute atomic E-state index is 13.2. The van der Waals surface area contributed by atoms with Gasteiger partial charge in [0.05, 0.1) is 12.6 Å². The Labute approximate surface area is 228 Å². The Kier molecular flexibility index (Phi) is 8.92. The van der Waals surface area contributed by atoms with Gasteiger partial charge in [-0.05, 0) is 56.4 Å². The Morgan fingerprint density at radius 2 is 1.53 bits per heavy atom. The second kappa shape index (κ2) is 12.5. The van der Waals surface area contributed by atoms with Gasteiger partial charge in [-0.3, -0.25) is 4.79 Å². The largest absolute Gasteiger partial charge is 0.344 e. The highest BCUT2D eigenvalue weighted by Gasteiger charge is 2.22. The van der Waals surface area contributed by atoms with Gasteiger partial charge in [0.2, 0.25) is 0 Å². The lowest BCUT2D eigenvalue weighted by Crippen LogP contribution is -2.39. The molecule has 38 heavy (non-hydrogen) atoms. The van der Waals surface area contributed by atoms with Crippen LogP contribution in [0.5, 0.6) is 0 Å². The highest BCUT2D eigenvalue weighted by Crippen LogP contribution is 2.23. The Morgan fingerprint density at radius 3 is 2.16 bits per heavy atom. The number of urea groups is 1. The molecule has 0 aliphatic heterocycles. The van der Waals surface area contributed by atoms with Crippen molar-refractivity contribution in [3.8, 4) is 0 Å². The highest BCUT2D eigenvalue weighted by atomic mass is 32.1. The molecule has 6 nitrogen and oxygen atoms in total. The Morgan fingerprint density at radius 1 is 0.895 bits per heavy atom. The summed E-state index contributed by atoms with van der Waals surface area (Å²) in [5, 5.41) is 8.70. The predicted molar refractivity (Wildman–Crippen MR) is 155 cm³/mol. The number of carbonyl (C=O) groups is 2. The lowest BCUT2D eigenvalue weighted by atomic mass is 9.99. The summed E-state index contributed by atoms with van der Waals surface area (Å²) < 4.78 is 0. The van der Waals surface area contributed by atoms with Crippen LogP contribution in [0.15, 0.2) is 84.2 Å². The molecule has 7 heteroatoms. The van der Waals surface area contributed by atoms with Crippen molar-refractivity contribution in [2.75, 3.05) is 5.32 Å². The zero-order valence-electron chi connectivity index (χ0n) is 22.3. The molecule has 0 fully saturated rings. The molecule has 0 aliphatic rings. The van der Waals surface area contributed by atoms with Crippen molar-refractivity contribution in [1.82, 2.24) is 15.2 Å². The SMILES string of the molecule is Cc1cccc(C)c1NC(=O)N(Cc1nc(C(=O)NC(Cc2ccccc2)c2ccccc2)cs1)C(C)C. The third-order valence-electron chi connectivity index (χ3n) is 6.48. The summed E-state index contributed by atoms with van der Waals surface area (Å²) in [6, 6.07) is 25.6. The third kappa shape index (κ3) is 6.86. The quantitative estimate of drug-likeness (QED) is 0.249. The molecule has 0 aliphatic carbocycles. The zero-order chi connectivity index (χ0) is 27.1. The van der Waals surface area contributed by atoms with Crippen LogP contribution < -0.4 is 10.6 Å². The number of aromatic nitrogens is 1. The lowest BCUT2D eigenvalue weighted by Gasteiger charge is -2.27. The number of thiazole rings is 1. The van der Waals surface area contributed by atoms with Crippen LogP contribution in [0.2, 0.25) is 0 Å². The first-order valence-electron chi connectivity index (χ1n) is 12.8. The number of para-hydroxylation sites is 1. The number of nitrogens with zero attached hydrogens (tertiary/aromatic N) is 2. The van der Waals surface area contributed by atoms with Crippen LogP contribution in [-0.2, 0) is 13.0 Å². The molecule has 1 atom stereocenters. The molecule has 3 amide bonds. The fourth-order valence-corrected chi connectivity index (χ4v) is 5.10. The molecule has 196 valence electrons. The van der Waals surface area contributed by atoms with Crippen molar-refractivity contribution >= 4 is 29.0 Å². The van der Waals surface area contributed by atoms with E-state index in [2.05, 4.69) is 27.8 Å². The topological polar surface area (TPSA) is 74.3 Å². The third-order valence-corrected chi connectivity index (χ3v) is 7.31. The van der Waals surface area contributed by atoms with Crippen LogP contribution in [0.3, 0.4) is 0 Å². The standard InChI is InChI=1S/C31H34N4O2S/c1-21(2)35(31(37)34-29-22(3)12-11-13-23(29)4)19-28-32-27(20-38-28)30(36)33-26(25-16-9-6-10-17-25)18-24-14-7-5-8-15-24/h5-17,20-21,26H,18-19H2,1-4H3,(H,33,36)(H,34,37). The molecule has 0 saturated heterocycles. The van der Waals surface area contributed by atoms with Crippen molar-refractivity contribution in [1.29, 1.82) is 0 Å². The Balaban J connectivity index is 1.46. The average Bonchev–Trinajstić information content (AvgIpc) is 3.39. The van der Waals surface area contributed by atoms with E-state index < -0.39 is 0 Å². The Bertz CT molecular complexity index is 1350. The first-order chi connectivity index (χ1) is 18.3. The number of hydrogen-bond acceptors (Lipinski definition) is 4. The number of anilines is 1. The zero-order valence-corrected chi connectivity index (χ0v) is 23.1. The van der Waals surface area contributed by atoms with E-state index >= 15 is 0 Å². The van der Waals surface area contributed by atoms with Gasteiger partial charge in [0, 0.05) is 17.1 Å². The maximum atomic E-state index is 13.2. The minimum absolute atomic E-state index is 0.0474. The number of rotatable bonds is 9. The fraction of sp³-hybridized carbons (Fsp3) is 0.258. The van der Waals surface area contributed by atoms with Crippen molar-refractivity contribution in [3.05, 3.63) is 117 Å². The van der Waals surface area contributed by atoms with E-state index in [9.17, 15) is 9.59 Å². The summed E-state index contributed by atoms with van der Waals surface area (Å²) >= 11 is 1.39. The van der Waals surface area contributed by atoms with Gasteiger partial charge in [0.1, 0.15) is 10.7 Å². The summed E-state index contributed by atoms with van der Waals surface area (Å²) in [6.45, 7) is 8.22. The number of nitrogens with one attached hydrogen (secondary N) is 2. The second-order valence-electron chi connectivity index (χ2n) is 9.67. The molecular formula is C31H34N4O2S. The van der Waals surface area contributed by atoms with Gasteiger partial charge in [0.15, 0.2) is 0 Å². The average molecular weight is 527 g/mol. The van der Waals surface area contributed by atoms with E-state index in [1.807, 2.05) is 94.4 Å². The molecule has 1 unspecified atom stereocenters. The van der Waals surface area contributed by atoms with E-state index in [0.29, 0.717) is 23.7 Å². The van der Waals surface area contributed by atoms with Gasteiger partial charge in [-0.15, -0.1) is 11.3 Å². The summed E-state index contributed by atoms with van der Waals surface area (Å²) in [6.07, 6.45) is 0.674. The smallest absolute Gasteiger partial charge is 0.322 e. The summed E-state index contributed by atoms with van der Waals surface area (Å²) in [5.41, 5.74) is 5.39. The summed E-state index contributed by atoms with van der Waals surface area (Å²) in [4.78, 5) is 32.8. The van der Waals surface area contributed by atoms with E-state index in [-0.39, 0.29) is 24.0 Å². The normalized spacial score (nSPS) is 11.7. The first-order valence-corrected chi connectivity index (χ1v) is 13.7. The molecule has 4 aromatic rings. The van der Waals surface area contributed by atoms with Crippen molar-refractivity contribution in [2.45, 2.75) is 52.7 Å². The molecule has 1 aromatic heterocycles. The van der Waals surface area contributed by atoms with Gasteiger partial charge in [-0.25, -0.2) is 9.78 Å². The predicted octanol–water partition coefficient (Wildman–Crippen LogP) is 6.92. The minimum Gasteiger partial charge on any atom is -0.344 e. The van der Waals surface area contributed by atoms with Crippen LogP contribution >= 0.6 is 11.3 Å². The minimum atomic E-state index is -0.228. The van der Waals surface area contributed by atoms with Crippen LogP contribution in [-0.4, -0.2) is 27.9 Å². The molecule has 4 rings (SSSR count). The molecule has 3 aromatic carbocycles. The number of hydrogen-bond donors (Lipinski definition) is 2. The maximum Gasteiger partial charge on any atom is 0.322 e. The monoisotopic (exact) mass is 526 g/mol. The van der Waals surface area contributed by atoms with Gasteiger partial charge in [-0.1, -0.05) is 78.9 Å². The fourth-order valence-electron chi connectivity index (χ4n) is 4.33. The molecule has 0 radical (unpaired) electrons. The number of amides is 3. The highest BCUT2D eigenvalue weighted by molar-refractivity contribution is 7.09. The van der Waals surface area contributed by atoms with Crippen molar-refractivity contribution < 1.29 is 9.59 Å². The van der Waals surface area contributed by atoms with Crippen LogP contribution in [0.4, 0.5) is 10.5 Å². The van der Waals surface area contributed by atoms with E-state index in [1.54, 1.807) is 10.3 Å². The van der Waals surface area contributed by atoms with Gasteiger partial charge in [-0.2, -0.15) is 0 Å². The summed E-state index contributed by atoms with van der Waals surface area (Å²) in [7, 11) is 0. The Hall–Kier alpha value is -3.97. The van der Waals surface area contributed by atoms with Gasteiger partial charge in [0.25, 0.3) is 5.91 Å². The number of benzene rings is 3. The summed E-state index contributed by atoms with van der Waals surface area (Å²) in [5.74, 6) is -0.228. The second-order valence-corrected chi connectivity index (χ2v) is 10.6.